The second kappa shape index (κ2) is 13.4. The van der Waals surface area contributed by atoms with E-state index in [0.29, 0.717) is 38.6 Å². The van der Waals surface area contributed by atoms with Crippen molar-refractivity contribution in [2.45, 2.75) is 18.6 Å². The van der Waals surface area contributed by atoms with Crippen molar-refractivity contribution in [3.05, 3.63) is 59.9 Å². The van der Waals surface area contributed by atoms with Crippen LogP contribution < -0.4 is 9.47 Å². The predicted octanol–water partition coefficient (Wildman–Crippen LogP) is 2.58. The smallest absolute Gasteiger partial charge is 0.225 e. The maximum Gasteiger partial charge on any atom is 0.225 e. The summed E-state index contributed by atoms with van der Waals surface area (Å²) in [5, 5.41) is 0. The molecule has 208 valence electrons. The molecule has 1 amide bonds. The van der Waals surface area contributed by atoms with Gasteiger partial charge in [-0.2, -0.15) is 0 Å². The fourth-order valence-electron chi connectivity index (χ4n) is 4.83. The van der Waals surface area contributed by atoms with Crippen molar-refractivity contribution >= 4 is 5.91 Å². The summed E-state index contributed by atoms with van der Waals surface area (Å²) in [4.78, 5) is 21.9. The summed E-state index contributed by atoms with van der Waals surface area (Å²) in [6, 6.07) is 14.1. The third kappa shape index (κ3) is 8.39. The molecule has 4 rings (SSSR count). The van der Waals surface area contributed by atoms with Gasteiger partial charge in [-0.05, 0) is 63.1 Å². The van der Waals surface area contributed by atoms with E-state index < -0.39 is 5.60 Å². The van der Waals surface area contributed by atoms with Crippen molar-refractivity contribution in [1.82, 2.24) is 19.6 Å². The Bertz CT molecular complexity index is 1030. The van der Waals surface area contributed by atoms with Crippen LogP contribution >= 0.6 is 0 Å². The number of morpholine rings is 1. The molecular weight excluding hydrogens is 487 g/mol. The second-order valence-corrected chi connectivity index (χ2v) is 10.6. The molecule has 0 spiro atoms. The summed E-state index contributed by atoms with van der Waals surface area (Å²) >= 11 is 0. The first-order chi connectivity index (χ1) is 18.3. The summed E-state index contributed by atoms with van der Waals surface area (Å²) < 4.78 is 31.7. The Balaban J connectivity index is 1.44. The third-order valence-corrected chi connectivity index (χ3v) is 7.08. The normalized spacial score (nSPS) is 21.0. The Kier molecular flexibility index (Phi) is 9.96. The van der Waals surface area contributed by atoms with Crippen LogP contribution in [0.4, 0.5) is 4.39 Å². The number of hydrogen-bond donors (Lipinski definition) is 0. The minimum Gasteiger partial charge on any atom is -0.492 e. The van der Waals surface area contributed by atoms with Crippen molar-refractivity contribution in [1.29, 1.82) is 0 Å². The number of amides is 1. The number of likely N-dealkylation sites (N-methyl/N-ethyl adjacent to an activating group) is 2. The van der Waals surface area contributed by atoms with Gasteiger partial charge in [-0.1, -0.05) is 12.1 Å². The summed E-state index contributed by atoms with van der Waals surface area (Å²) in [6.45, 7) is 7.39. The van der Waals surface area contributed by atoms with E-state index in [-0.39, 0.29) is 24.8 Å². The molecule has 2 saturated heterocycles. The van der Waals surface area contributed by atoms with Gasteiger partial charge in [-0.15, -0.1) is 0 Å². The van der Waals surface area contributed by atoms with Gasteiger partial charge >= 0.3 is 0 Å². The molecule has 2 heterocycles. The highest BCUT2D eigenvalue weighted by atomic mass is 19.1. The molecule has 0 aliphatic carbocycles. The maximum absolute atomic E-state index is 13.4. The number of ether oxygens (including phenoxy) is 3. The van der Waals surface area contributed by atoms with Crippen LogP contribution in [0, 0.1) is 5.82 Å². The van der Waals surface area contributed by atoms with Gasteiger partial charge in [0.05, 0.1) is 13.0 Å². The highest BCUT2D eigenvalue weighted by molar-refractivity contribution is 5.77. The molecule has 2 fully saturated rings. The SMILES string of the molecule is CN(C)CCOc1cccc(CN2CCOC(COc3ccc(F)cc3)(CC(=O)N3CCN(C)CC3)C2)c1. The Hall–Kier alpha value is -2.72. The highest BCUT2D eigenvalue weighted by Crippen LogP contribution is 2.27. The molecule has 0 N–H and O–H groups in total. The highest BCUT2D eigenvalue weighted by Gasteiger charge is 2.41. The van der Waals surface area contributed by atoms with E-state index in [0.717, 1.165) is 44.0 Å². The molecule has 9 heteroatoms. The molecule has 0 aromatic heterocycles. The van der Waals surface area contributed by atoms with Crippen molar-refractivity contribution in [3.63, 3.8) is 0 Å². The third-order valence-electron chi connectivity index (χ3n) is 7.08. The molecule has 0 radical (unpaired) electrons. The number of rotatable bonds is 11. The van der Waals surface area contributed by atoms with Crippen LogP contribution in [0.1, 0.15) is 12.0 Å². The van der Waals surface area contributed by atoms with E-state index >= 15 is 0 Å². The fourth-order valence-corrected chi connectivity index (χ4v) is 4.83. The summed E-state index contributed by atoms with van der Waals surface area (Å²) in [5.74, 6) is 1.18. The lowest BCUT2D eigenvalue weighted by Gasteiger charge is -2.43. The molecule has 1 unspecified atom stereocenters. The Morgan fingerprint density at radius 1 is 1.03 bits per heavy atom. The topological polar surface area (TPSA) is 57.7 Å². The number of nitrogens with zero attached hydrogens (tertiary/aromatic N) is 4. The van der Waals surface area contributed by atoms with Crippen LogP contribution in [0.2, 0.25) is 0 Å². The number of hydrogen-bond acceptors (Lipinski definition) is 7. The quantitative estimate of drug-likeness (QED) is 0.444. The predicted molar refractivity (Wildman–Crippen MR) is 145 cm³/mol. The van der Waals surface area contributed by atoms with Crippen molar-refractivity contribution in [3.8, 4) is 11.5 Å². The van der Waals surface area contributed by atoms with Crippen LogP contribution in [0.15, 0.2) is 48.5 Å². The fraction of sp³-hybridized carbons (Fsp3) is 0.552. The van der Waals surface area contributed by atoms with Gasteiger partial charge in [-0.25, -0.2) is 4.39 Å². The van der Waals surface area contributed by atoms with Gasteiger partial charge < -0.3 is 28.9 Å². The van der Waals surface area contributed by atoms with E-state index in [4.69, 9.17) is 14.2 Å². The van der Waals surface area contributed by atoms with E-state index in [9.17, 15) is 9.18 Å². The average molecular weight is 529 g/mol. The minimum atomic E-state index is -0.799. The molecule has 2 aromatic rings. The molecule has 8 nitrogen and oxygen atoms in total. The average Bonchev–Trinajstić information content (AvgIpc) is 2.89. The Morgan fingerprint density at radius 3 is 2.53 bits per heavy atom. The van der Waals surface area contributed by atoms with Gasteiger partial charge in [0.2, 0.25) is 5.91 Å². The van der Waals surface area contributed by atoms with Gasteiger partial charge in [0.25, 0.3) is 0 Å². The zero-order valence-electron chi connectivity index (χ0n) is 22.9. The summed E-state index contributed by atoms with van der Waals surface area (Å²) in [7, 11) is 6.13. The first-order valence-electron chi connectivity index (χ1n) is 13.4. The molecule has 1 atom stereocenters. The molecule has 0 bridgehead atoms. The van der Waals surface area contributed by atoms with E-state index in [1.54, 1.807) is 12.1 Å². The largest absolute Gasteiger partial charge is 0.492 e. The number of halogens is 1. The zero-order valence-corrected chi connectivity index (χ0v) is 22.9. The van der Waals surface area contributed by atoms with Gasteiger partial charge in [0.15, 0.2) is 0 Å². The zero-order chi connectivity index (χ0) is 27.0. The standard InChI is InChI=1S/C29H41FN4O4/c1-31(2)15-17-36-27-6-4-5-24(19-27)21-33-16-18-38-29(22-33,23-37-26-9-7-25(30)8-10-26)20-28(35)34-13-11-32(3)12-14-34/h4-10,19H,11-18,20-23H2,1-3H3. The number of benzene rings is 2. The van der Waals surface area contributed by atoms with E-state index in [2.05, 4.69) is 33.9 Å². The maximum atomic E-state index is 13.4. The van der Waals surface area contributed by atoms with Gasteiger partial charge in [0.1, 0.15) is 36.1 Å². The van der Waals surface area contributed by atoms with Crippen LogP contribution in [-0.4, -0.2) is 118 Å². The number of carbonyl (C=O) groups is 1. The van der Waals surface area contributed by atoms with Crippen molar-refractivity contribution < 1.29 is 23.4 Å². The van der Waals surface area contributed by atoms with Gasteiger partial charge in [-0.3, -0.25) is 9.69 Å². The van der Waals surface area contributed by atoms with Crippen LogP contribution in [0.5, 0.6) is 11.5 Å². The summed E-state index contributed by atoms with van der Waals surface area (Å²) in [6.07, 6.45) is 0.238. The van der Waals surface area contributed by atoms with Gasteiger partial charge in [0, 0.05) is 52.4 Å². The Labute approximate surface area is 225 Å². The molecule has 2 aromatic carbocycles. The second-order valence-electron chi connectivity index (χ2n) is 10.6. The lowest BCUT2D eigenvalue weighted by Crippen LogP contribution is -2.58. The molecule has 38 heavy (non-hydrogen) atoms. The van der Waals surface area contributed by atoms with Crippen molar-refractivity contribution in [2.24, 2.45) is 0 Å². The lowest BCUT2D eigenvalue weighted by molar-refractivity contribution is -0.157. The van der Waals surface area contributed by atoms with E-state index in [1.165, 1.54) is 12.1 Å². The Morgan fingerprint density at radius 2 is 1.79 bits per heavy atom. The van der Waals surface area contributed by atoms with E-state index in [1.807, 2.05) is 31.1 Å². The van der Waals surface area contributed by atoms with Crippen LogP contribution in [-0.2, 0) is 16.1 Å². The van der Waals surface area contributed by atoms with Crippen molar-refractivity contribution in [2.75, 3.05) is 86.8 Å². The van der Waals surface area contributed by atoms with Crippen LogP contribution in [0.3, 0.4) is 0 Å². The molecular formula is C29H41FN4O4. The monoisotopic (exact) mass is 528 g/mol. The molecule has 2 aliphatic rings. The first-order valence-corrected chi connectivity index (χ1v) is 13.4. The molecule has 2 aliphatic heterocycles. The van der Waals surface area contributed by atoms with Crippen LogP contribution in [0.25, 0.3) is 0 Å². The summed E-state index contributed by atoms with van der Waals surface area (Å²) in [5.41, 5.74) is 0.348. The number of piperazine rings is 1. The first kappa shape index (κ1) is 28.3. The minimum absolute atomic E-state index is 0.0824. The number of carbonyl (C=O) groups excluding carboxylic acids is 1. The molecule has 0 saturated carbocycles. The lowest BCUT2D eigenvalue weighted by atomic mass is 9.96.